The van der Waals surface area contributed by atoms with Crippen molar-refractivity contribution in [2.45, 2.75) is 72.1 Å². The first kappa shape index (κ1) is 18.2. The Morgan fingerprint density at radius 3 is 2.48 bits per heavy atom. The van der Waals surface area contributed by atoms with Crippen molar-refractivity contribution in [3.05, 3.63) is 0 Å². The van der Waals surface area contributed by atoms with Crippen molar-refractivity contribution >= 4 is 6.09 Å². The number of aliphatic hydroxyl groups is 1. The molecule has 1 saturated carbocycles. The van der Waals surface area contributed by atoms with Crippen molar-refractivity contribution in [1.29, 1.82) is 0 Å². The standard InChI is InChI=1S/C16H32N2O3/c1-7-18(14(20)21-15(2,3)4)10-8-9-17-12-11-13(19)16(12,5)6/h12-13,17,19H,7-11H2,1-6H3. The Labute approximate surface area is 129 Å². The van der Waals surface area contributed by atoms with E-state index in [1.165, 1.54) is 0 Å². The van der Waals surface area contributed by atoms with Crippen molar-refractivity contribution in [2.24, 2.45) is 5.41 Å². The molecule has 21 heavy (non-hydrogen) atoms. The molecule has 0 saturated heterocycles. The van der Waals surface area contributed by atoms with Gasteiger partial charge in [0.25, 0.3) is 0 Å². The first-order valence-electron chi connectivity index (χ1n) is 7.97. The molecule has 0 bridgehead atoms. The maximum atomic E-state index is 12.0. The van der Waals surface area contributed by atoms with Gasteiger partial charge in [-0.2, -0.15) is 0 Å². The molecule has 5 nitrogen and oxygen atoms in total. The van der Waals surface area contributed by atoms with Crippen LogP contribution < -0.4 is 5.32 Å². The van der Waals surface area contributed by atoms with E-state index in [1.807, 2.05) is 27.7 Å². The Morgan fingerprint density at radius 2 is 2.05 bits per heavy atom. The summed E-state index contributed by atoms with van der Waals surface area (Å²) in [5.41, 5.74) is -0.496. The van der Waals surface area contributed by atoms with E-state index in [4.69, 9.17) is 4.74 Å². The first-order valence-corrected chi connectivity index (χ1v) is 7.97. The molecule has 0 aromatic heterocycles. The van der Waals surface area contributed by atoms with Gasteiger partial charge >= 0.3 is 6.09 Å². The molecule has 0 spiro atoms. The Kier molecular flexibility index (Phi) is 6.05. The third-order valence-electron chi connectivity index (χ3n) is 4.24. The second-order valence-corrected chi connectivity index (χ2v) is 7.49. The van der Waals surface area contributed by atoms with Gasteiger partial charge in [0, 0.05) is 24.5 Å². The second kappa shape index (κ2) is 6.97. The van der Waals surface area contributed by atoms with Crippen molar-refractivity contribution in [3.8, 4) is 0 Å². The molecule has 0 aliphatic heterocycles. The molecule has 1 fully saturated rings. The maximum Gasteiger partial charge on any atom is 0.410 e. The van der Waals surface area contributed by atoms with Crippen LogP contribution in [0.3, 0.4) is 0 Å². The number of ether oxygens (including phenoxy) is 1. The monoisotopic (exact) mass is 300 g/mol. The molecule has 1 aliphatic rings. The van der Waals surface area contributed by atoms with E-state index in [-0.39, 0.29) is 17.6 Å². The van der Waals surface area contributed by atoms with Crippen LogP contribution in [-0.2, 0) is 4.74 Å². The fourth-order valence-electron chi connectivity index (χ4n) is 2.50. The highest BCUT2D eigenvalue weighted by Gasteiger charge is 2.46. The summed E-state index contributed by atoms with van der Waals surface area (Å²) in [6.45, 7) is 14.0. The van der Waals surface area contributed by atoms with Gasteiger partial charge in [-0.05, 0) is 47.1 Å². The minimum absolute atomic E-state index is 0.0460. The predicted octanol–water partition coefficient (Wildman–Crippen LogP) is 2.38. The molecule has 1 amide bonds. The van der Waals surface area contributed by atoms with Gasteiger partial charge in [-0.25, -0.2) is 4.79 Å². The molecule has 2 atom stereocenters. The highest BCUT2D eigenvalue weighted by molar-refractivity contribution is 5.68. The lowest BCUT2D eigenvalue weighted by Gasteiger charge is -2.49. The zero-order valence-electron chi connectivity index (χ0n) is 14.4. The number of carbonyl (C=O) groups is 1. The van der Waals surface area contributed by atoms with Crippen LogP contribution >= 0.6 is 0 Å². The van der Waals surface area contributed by atoms with Gasteiger partial charge < -0.3 is 20.1 Å². The molecule has 5 heteroatoms. The quantitative estimate of drug-likeness (QED) is 0.739. The average Bonchev–Trinajstić information content (AvgIpc) is 2.35. The summed E-state index contributed by atoms with van der Waals surface area (Å²) in [4.78, 5) is 13.7. The highest BCUT2D eigenvalue weighted by atomic mass is 16.6. The van der Waals surface area contributed by atoms with Crippen molar-refractivity contribution < 1.29 is 14.6 Å². The Morgan fingerprint density at radius 1 is 1.43 bits per heavy atom. The number of hydrogen-bond donors (Lipinski definition) is 2. The largest absolute Gasteiger partial charge is 0.444 e. The lowest BCUT2D eigenvalue weighted by atomic mass is 9.64. The molecule has 0 aromatic carbocycles. The van der Waals surface area contributed by atoms with E-state index in [9.17, 15) is 9.90 Å². The summed E-state index contributed by atoms with van der Waals surface area (Å²) in [7, 11) is 0. The van der Waals surface area contributed by atoms with Crippen molar-refractivity contribution in [3.63, 3.8) is 0 Å². The Bertz CT molecular complexity index is 350. The van der Waals surface area contributed by atoms with Gasteiger partial charge in [0.2, 0.25) is 0 Å². The van der Waals surface area contributed by atoms with Crippen LogP contribution in [0, 0.1) is 5.41 Å². The van der Waals surface area contributed by atoms with E-state index in [0.29, 0.717) is 19.1 Å². The summed E-state index contributed by atoms with van der Waals surface area (Å²) in [5.74, 6) is 0. The molecule has 1 aliphatic carbocycles. The number of aliphatic hydroxyl groups excluding tert-OH is 1. The van der Waals surface area contributed by atoms with Crippen LogP contribution in [0.25, 0.3) is 0 Å². The highest BCUT2D eigenvalue weighted by Crippen LogP contribution is 2.40. The van der Waals surface area contributed by atoms with Gasteiger partial charge in [-0.3, -0.25) is 0 Å². The number of nitrogens with one attached hydrogen (secondary N) is 1. The van der Waals surface area contributed by atoms with Gasteiger partial charge in [0.1, 0.15) is 5.60 Å². The summed E-state index contributed by atoms with van der Waals surface area (Å²) in [6.07, 6.45) is 1.25. The minimum atomic E-state index is -0.450. The topological polar surface area (TPSA) is 61.8 Å². The first-order chi connectivity index (χ1) is 9.58. The number of hydrogen-bond acceptors (Lipinski definition) is 4. The predicted molar refractivity (Wildman–Crippen MR) is 84.3 cm³/mol. The van der Waals surface area contributed by atoms with E-state index >= 15 is 0 Å². The molecule has 0 heterocycles. The number of carbonyl (C=O) groups excluding carboxylic acids is 1. The number of rotatable bonds is 6. The molecule has 2 N–H and O–H groups in total. The lowest BCUT2D eigenvalue weighted by Crippen LogP contribution is -2.60. The van der Waals surface area contributed by atoms with Crippen LogP contribution in [0.2, 0.25) is 0 Å². The van der Waals surface area contributed by atoms with Gasteiger partial charge in [-0.15, -0.1) is 0 Å². The minimum Gasteiger partial charge on any atom is -0.444 e. The fourth-order valence-corrected chi connectivity index (χ4v) is 2.50. The summed E-state index contributed by atoms with van der Waals surface area (Å²) in [6, 6.07) is 0.365. The van der Waals surface area contributed by atoms with E-state index in [1.54, 1.807) is 4.90 Å². The van der Waals surface area contributed by atoms with Crippen LogP contribution in [0.15, 0.2) is 0 Å². The number of amides is 1. The Balaban J connectivity index is 2.26. The van der Waals surface area contributed by atoms with E-state index in [2.05, 4.69) is 19.2 Å². The molecule has 0 aromatic rings. The smallest absolute Gasteiger partial charge is 0.410 e. The third kappa shape index (κ3) is 5.15. The van der Waals surface area contributed by atoms with Crippen molar-refractivity contribution in [1.82, 2.24) is 10.2 Å². The summed E-state index contributed by atoms with van der Waals surface area (Å²) >= 11 is 0. The fraction of sp³-hybridized carbons (Fsp3) is 0.938. The molecule has 1 rings (SSSR count). The van der Waals surface area contributed by atoms with Gasteiger partial charge in [-0.1, -0.05) is 13.8 Å². The zero-order chi connectivity index (χ0) is 16.3. The molecule has 2 unspecified atom stereocenters. The maximum absolute atomic E-state index is 12.0. The van der Waals surface area contributed by atoms with Crippen molar-refractivity contribution in [2.75, 3.05) is 19.6 Å². The average molecular weight is 300 g/mol. The van der Waals surface area contributed by atoms with E-state index < -0.39 is 5.60 Å². The summed E-state index contributed by atoms with van der Waals surface area (Å²) in [5, 5.41) is 13.2. The second-order valence-electron chi connectivity index (χ2n) is 7.49. The lowest BCUT2D eigenvalue weighted by molar-refractivity contribution is -0.0723. The molecular weight excluding hydrogens is 268 g/mol. The van der Waals surface area contributed by atoms with Crippen LogP contribution in [-0.4, -0.2) is 53.5 Å². The van der Waals surface area contributed by atoms with E-state index in [0.717, 1.165) is 19.4 Å². The third-order valence-corrected chi connectivity index (χ3v) is 4.24. The van der Waals surface area contributed by atoms with Crippen LogP contribution in [0.5, 0.6) is 0 Å². The SMILES string of the molecule is CCN(CCCNC1CC(O)C1(C)C)C(=O)OC(C)(C)C. The number of nitrogens with zero attached hydrogens (tertiary/aromatic N) is 1. The molecule has 124 valence electrons. The van der Waals surface area contributed by atoms with Crippen LogP contribution in [0.1, 0.15) is 54.4 Å². The molecule has 0 radical (unpaired) electrons. The van der Waals surface area contributed by atoms with Gasteiger partial charge in [0.15, 0.2) is 0 Å². The van der Waals surface area contributed by atoms with Crippen LogP contribution in [0.4, 0.5) is 4.79 Å². The Hall–Kier alpha value is -0.810. The van der Waals surface area contributed by atoms with Gasteiger partial charge in [0.05, 0.1) is 6.10 Å². The summed E-state index contributed by atoms with van der Waals surface area (Å²) < 4.78 is 5.38. The normalized spacial score (nSPS) is 24.3. The molecular formula is C16H32N2O3. The zero-order valence-corrected chi connectivity index (χ0v) is 14.4.